The summed E-state index contributed by atoms with van der Waals surface area (Å²) >= 11 is 6.37. The fraction of sp³-hybridized carbons (Fsp3) is 0.241. The molecule has 2 aromatic heterocycles. The van der Waals surface area contributed by atoms with Gasteiger partial charge in [0.15, 0.2) is 11.6 Å². The lowest BCUT2D eigenvalue weighted by Crippen LogP contribution is -2.21. The third-order valence-electron chi connectivity index (χ3n) is 5.77. The van der Waals surface area contributed by atoms with Crippen LogP contribution in [-0.4, -0.2) is 40.4 Å². The molecule has 0 atom stereocenters. The smallest absolute Gasteiger partial charge is 0.324 e. The maximum Gasteiger partial charge on any atom is 0.324 e. The van der Waals surface area contributed by atoms with Gasteiger partial charge in [0.25, 0.3) is 5.91 Å². The standard InChI is InChI=1S/C29H30ClFN6O4/c1-17-6-8-18(9-7-17)37-26(15-24(36-37)29(2,3)4)35-28(39)33-22-14-21(31)23(13-20(22)30)41-19-10-11-32-25(12-19)34-27(38)16-40-5/h6-15H,16H2,1-5H3,(H,32,34,38)(H2,33,35,39). The molecular weight excluding hydrogens is 551 g/mol. The summed E-state index contributed by atoms with van der Waals surface area (Å²) in [6.45, 7) is 7.90. The molecular formula is C29H30ClFN6O4. The highest BCUT2D eigenvalue weighted by molar-refractivity contribution is 6.34. The second kappa shape index (κ2) is 12.4. The lowest BCUT2D eigenvalue weighted by Gasteiger charge is -2.14. The number of nitrogens with zero attached hydrogens (tertiary/aromatic N) is 3. The number of aryl methyl sites for hydroxylation is 1. The lowest BCUT2D eigenvalue weighted by atomic mass is 9.92. The molecule has 0 bridgehead atoms. The molecule has 3 amide bonds. The molecule has 12 heteroatoms. The van der Waals surface area contributed by atoms with E-state index in [-0.39, 0.29) is 40.0 Å². The zero-order chi connectivity index (χ0) is 29.7. The molecule has 0 aliphatic carbocycles. The molecule has 3 N–H and O–H groups in total. The molecule has 214 valence electrons. The summed E-state index contributed by atoms with van der Waals surface area (Å²) in [6.07, 6.45) is 1.39. The number of carbonyl (C=O) groups excluding carboxylic acids is 2. The third kappa shape index (κ3) is 7.59. The number of methoxy groups -OCH3 is 1. The van der Waals surface area contributed by atoms with Gasteiger partial charge >= 0.3 is 6.03 Å². The number of anilines is 3. The van der Waals surface area contributed by atoms with Gasteiger partial charge in [0.05, 0.1) is 22.1 Å². The van der Waals surface area contributed by atoms with Crippen molar-refractivity contribution in [2.24, 2.45) is 0 Å². The quantitative estimate of drug-likeness (QED) is 0.214. The zero-order valence-corrected chi connectivity index (χ0v) is 24.0. The number of nitrogens with one attached hydrogen (secondary N) is 3. The Labute approximate surface area is 241 Å². The SMILES string of the molecule is COCC(=O)Nc1cc(Oc2cc(Cl)c(NC(=O)Nc3cc(C(C)(C)C)nn3-c3ccc(C)cc3)cc2F)ccn1. The van der Waals surface area contributed by atoms with E-state index < -0.39 is 17.8 Å². The van der Waals surface area contributed by atoms with Gasteiger partial charge in [-0.3, -0.25) is 10.1 Å². The van der Waals surface area contributed by atoms with Gasteiger partial charge in [-0.25, -0.2) is 18.9 Å². The van der Waals surface area contributed by atoms with E-state index in [9.17, 15) is 14.0 Å². The molecule has 0 saturated heterocycles. The Bertz CT molecular complexity index is 1570. The maximum absolute atomic E-state index is 15.0. The number of halogens is 2. The van der Waals surface area contributed by atoms with Gasteiger partial charge in [0.1, 0.15) is 24.0 Å². The van der Waals surface area contributed by atoms with Crippen LogP contribution in [0.5, 0.6) is 11.5 Å². The molecule has 0 fully saturated rings. The molecule has 4 rings (SSSR count). The number of pyridine rings is 1. The Hall–Kier alpha value is -4.48. The Morgan fingerprint density at radius 1 is 1.02 bits per heavy atom. The van der Waals surface area contributed by atoms with Crippen molar-refractivity contribution in [3.63, 3.8) is 0 Å². The normalized spacial score (nSPS) is 11.2. The average molecular weight is 581 g/mol. The van der Waals surface area contributed by atoms with E-state index in [1.54, 1.807) is 10.7 Å². The van der Waals surface area contributed by atoms with E-state index in [2.05, 4.69) is 20.9 Å². The van der Waals surface area contributed by atoms with Crippen LogP contribution in [0.1, 0.15) is 32.0 Å². The number of amides is 3. The number of hydrogen-bond donors (Lipinski definition) is 3. The highest BCUT2D eigenvalue weighted by atomic mass is 35.5. The van der Waals surface area contributed by atoms with Crippen LogP contribution in [-0.2, 0) is 14.9 Å². The number of ether oxygens (including phenoxy) is 2. The fourth-order valence-corrected chi connectivity index (χ4v) is 3.87. The van der Waals surface area contributed by atoms with E-state index in [0.717, 1.165) is 23.0 Å². The third-order valence-corrected chi connectivity index (χ3v) is 6.08. The molecule has 0 aliphatic heterocycles. The van der Waals surface area contributed by atoms with Crippen LogP contribution in [0.3, 0.4) is 0 Å². The first-order valence-corrected chi connectivity index (χ1v) is 13.0. The van der Waals surface area contributed by atoms with Gasteiger partial charge in [-0.05, 0) is 25.1 Å². The molecule has 0 aliphatic rings. The van der Waals surface area contributed by atoms with Gasteiger partial charge < -0.3 is 20.1 Å². The highest BCUT2D eigenvalue weighted by Gasteiger charge is 2.22. The Morgan fingerprint density at radius 2 is 1.76 bits per heavy atom. The summed E-state index contributed by atoms with van der Waals surface area (Å²) in [4.78, 5) is 28.7. The average Bonchev–Trinajstić information content (AvgIpc) is 3.32. The van der Waals surface area contributed by atoms with Gasteiger partial charge in [0, 0.05) is 43.0 Å². The molecule has 2 heterocycles. The number of hydrogen-bond acceptors (Lipinski definition) is 6. The van der Waals surface area contributed by atoms with Crippen LogP contribution in [0.2, 0.25) is 5.02 Å². The van der Waals surface area contributed by atoms with E-state index >= 15 is 0 Å². The predicted molar refractivity (Wildman–Crippen MR) is 156 cm³/mol. The largest absolute Gasteiger partial charge is 0.454 e. The maximum atomic E-state index is 15.0. The fourth-order valence-electron chi connectivity index (χ4n) is 3.67. The van der Waals surface area contributed by atoms with Crippen LogP contribution in [0.4, 0.5) is 26.5 Å². The number of urea groups is 1. The van der Waals surface area contributed by atoms with Crippen molar-refractivity contribution in [2.45, 2.75) is 33.1 Å². The Morgan fingerprint density at radius 3 is 2.44 bits per heavy atom. The molecule has 0 saturated carbocycles. The van der Waals surface area contributed by atoms with E-state index in [1.807, 2.05) is 52.0 Å². The van der Waals surface area contributed by atoms with Crippen molar-refractivity contribution in [1.82, 2.24) is 14.8 Å². The summed E-state index contributed by atoms with van der Waals surface area (Å²) in [5.74, 6) is -0.527. The van der Waals surface area contributed by atoms with E-state index in [0.29, 0.717) is 5.82 Å². The topological polar surface area (TPSA) is 119 Å². The van der Waals surface area contributed by atoms with Gasteiger partial charge in [0.2, 0.25) is 0 Å². The zero-order valence-electron chi connectivity index (χ0n) is 23.2. The highest BCUT2D eigenvalue weighted by Crippen LogP contribution is 2.33. The minimum Gasteiger partial charge on any atom is -0.454 e. The molecule has 10 nitrogen and oxygen atoms in total. The summed E-state index contributed by atoms with van der Waals surface area (Å²) in [7, 11) is 1.39. The van der Waals surface area contributed by atoms with Crippen molar-refractivity contribution in [2.75, 3.05) is 29.7 Å². The monoisotopic (exact) mass is 580 g/mol. The van der Waals surface area contributed by atoms with Crippen molar-refractivity contribution in [1.29, 1.82) is 0 Å². The van der Waals surface area contributed by atoms with E-state index in [4.69, 9.17) is 26.2 Å². The van der Waals surface area contributed by atoms with Gasteiger partial charge in [-0.2, -0.15) is 5.10 Å². The molecule has 0 spiro atoms. The summed E-state index contributed by atoms with van der Waals surface area (Å²) < 4.78 is 27.0. The van der Waals surface area contributed by atoms with Crippen molar-refractivity contribution in [3.8, 4) is 17.2 Å². The Kier molecular flexibility index (Phi) is 8.89. The van der Waals surface area contributed by atoms with Crippen molar-refractivity contribution in [3.05, 3.63) is 82.9 Å². The van der Waals surface area contributed by atoms with Crippen LogP contribution in [0.25, 0.3) is 5.69 Å². The van der Waals surface area contributed by atoms with Crippen molar-refractivity contribution < 1.29 is 23.5 Å². The minimum absolute atomic E-state index is 0.0358. The van der Waals surface area contributed by atoms with Crippen LogP contribution < -0.4 is 20.7 Å². The lowest BCUT2D eigenvalue weighted by molar-refractivity contribution is -0.119. The van der Waals surface area contributed by atoms with Crippen LogP contribution >= 0.6 is 11.6 Å². The molecule has 4 aromatic rings. The number of benzene rings is 2. The van der Waals surface area contributed by atoms with Gasteiger partial charge in [-0.15, -0.1) is 0 Å². The van der Waals surface area contributed by atoms with E-state index in [1.165, 1.54) is 31.5 Å². The second-order valence-electron chi connectivity index (χ2n) is 10.2. The molecule has 0 radical (unpaired) electrons. The van der Waals surface area contributed by atoms with Crippen molar-refractivity contribution >= 4 is 40.9 Å². The number of aromatic nitrogens is 3. The molecule has 2 aromatic carbocycles. The molecule has 41 heavy (non-hydrogen) atoms. The summed E-state index contributed by atoms with van der Waals surface area (Å²) in [6, 6.07) is 14.1. The first-order chi connectivity index (χ1) is 19.4. The number of carbonyl (C=O) groups is 2. The summed E-state index contributed by atoms with van der Waals surface area (Å²) in [5, 5.41) is 12.6. The van der Waals surface area contributed by atoms with Crippen LogP contribution in [0.15, 0.2) is 60.8 Å². The molecule has 0 unspecified atom stereocenters. The Balaban J connectivity index is 1.50. The van der Waals surface area contributed by atoms with Crippen LogP contribution in [0, 0.1) is 12.7 Å². The number of rotatable bonds is 8. The minimum atomic E-state index is -0.772. The predicted octanol–water partition coefficient (Wildman–Crippen LogP) is 6.69. The second-order valence-corrected chi connectivity index (χ2v) is 10.6. The first-order valence-electron chi connectivity index (χ1n) is 12.6. The van der Waals surface area contributed by atoms with Gasteiger partial charge in [-0.1, -0.05) is 50.1 Å². The first kappa shape index (κ1) is 29.5. The summed E-state index contributed by atoms with van der Waals surface area (Å²) in [5.41, 5.74) is 2.40.